The normalized spacial score (nSPS) is 21.4. The Kier molecular flexibility index (Phi) is 12.1. The number of imide groups is 1. The molecule has 2 N–H and O–H groups in total. The number of nitrogens with zero attached hydrogens (tertiary/aromatic N) is 9. The molecule has 0 bridgehead atoms. The van der Waals surface area contributed by atoms with Gasteiger partial charge in [0.1, 0.15) is 23.2 Å². The van der Waals surface area contributed by atoms with Crippen LogP contribution in [0.3, 0.4) is 0 Å². The molecule has 2 aromatic heterocycles. The number of carbonyl (C=O) groups is 2. The van der Waals surface area contributed by atoms with Crippen LogP contribution in [0.25, 0.3) is 21.8 Å². The van der Waals surface area contributed by atoms with Crippen LogP contribution in [0.2, 0.25) is 0 Å². The summed E-state index contributed by atoms with van der Waals surface area (Å²) in [6, 6.07) is 12.5. The molecule has 5 aliphatic rings. The number of rotatable bonds is 13. The first-order chi connectivity index (χ1) is 32.4. The molecule has 352 valence electrons. The second-order valence-electron chi connectivity index (χ2n) is 18.7. The molecule has 4 saturated heterocycles. The highest BCUT2D eigenvalue weighted by molar-refractivity contribution is 7.98. The first kappa shape index (κ1) is 45.0. The van der Waals surface area contributed by atoms with Gasteiger partial charge in [-0.25, -0.2) is 22.9 Å². The molecule has 1 aliphatic carbocycles. The Hall–Kier alpha value is -5.85. The zero-order valence-corrected chi connectivity index (χ0v) is 38.5. The molecular weight excluding hydrogens is 885 g/mol. The third-order valence-corrected chi connectivity index (χ3v) is 15.4. The molecule has 67 heavy (non-hydrogen) atoms. The molecule has 2 atom stereocenters. The van der Waals surface area contributed by atoms with Crippen molar-refractivity contribution in [1.82, 2.24) is 33.9 Å². The maximum Gasteiger partial charge on any atom is 0.329 e. The standard InChI is InChI=1S/C47H53F2N11O6S/c1-4-12-59(45(63)52-28-61)43-34-17-37(49)41(18-40(34)55(2)53-43)57-25-46(26-57)19-29(20-46)56-14-10-47(11-15-56)21-30(24-65-47)60-27-51-38-7-5-31(16-33(38)44(60)62)66-42-35(22-50)39(8-6-36(42)48)54-67-58-13-9-32(23-58)64-3/h5-8,16-18,27-30,32,54H,4,9-15,19-21,23-26H2,1-3H3,(H,52,61,63). The quantitative estimate of drug-likeness (QED) is 0.0971. The number of aryl methyl sites for hydroxylation is 1. The van der Waals surface area contributed by atoms with Gasteiger partial charge < -0.3 is 28.7 Å². The molecule has 1 saturated carbocycles. The maximum absolute atomic E-state index is 15.8. The van der Waals surface area contributed by atoms with E-state index in [4.69, 9.17) is 14.2 Å². The number of ether oxygens (including phenoxy) is 3. The van der Waals surface area contributed by atoms with Crippen LogP contribution < -0.4 is 30.1 Å². The van der Waals surface area contributed by atoms with Crippen LogP contribution >= 0.6 is 12.1 Å². The van der Waals surface area contributed by atoms with Gasteiger partial charge in [-0.3, -0.25) is 29.1 Å². The van der Waals surface area contributed by atoms with Crippen LogP contribution in [-0.2, 0) is 21.3 Å². The predicted octanol–water partition coefficient (Wildman–Crippen LogP) is 6.47. The highest BCUT2D eigenvalue weighted by atomic mass is 32.2. The van der Waals surface area contributed by atoms with Crippen LogP contribution in [-0.4, -0.2) is 118 Å². The molecule has 3 amide bonds. The van der Waals surface area contributed by atoms with E-state index in [-0.39, 0.29) is 51.6 Å². The molecule has 2 unspecified atom stereocenters. The highest BCUT2D eigenvalue weighted by Crippen LogP contribution is 2.53. The fourth-order valence-electron chi connectivity index (χ4n) is 10.9. The first-order valence-corrected chi connectivity index (χ1v) is 23.6. The van der Waals surface area contributed by atoms with Gasteiger partial charge in [0.25, 0.3) is 5.56 Å². The van der Waals surface area contributed by atoms with Crippen LogP contribution in [0.15, 0.2) is 53.6 Å². The van der Waals surface area contributed by atoms with Gasteiger partial charge in [-0.2, -0.15) is 10.4 Å². The summed E-state index contributed by atoms with van der Waals surface area (Å²) in [5, 5.41) is 17.6. The summed E-state index contributed by atoms with van der Waals surface area (Å²) in [6.07, 6.45) is 8.03. The number of amides is 3. The van der Waals surface area contributed by atoms with Gasteiger partial charge in [-0.15, -0.1) is 0 Å². The number of nitriles is 1. The minimum absolute atomic E-state index is 0.00928. The van der Waals surface area contributed by atoms with E-state index in [2.05, 4.69) is 40.3 Å². The molecule has 4 aliphatic heterocycles. The number of piperidine rings is 1. The summed E-state index contributed by atoms with van der Waals surface area (Å²) >= 11 is 1.33. The topological polar surface area (TPSA) is 175 Å². The minimum atomic E-state index is -0.701. The molecule has 0 radical (unpaired) electrons. The van der Waals surface area contributed by atoms with E-state index in [1.807, 2.05) is 6.92 Å². The molecular formula is C47H53F2N11O6S. The van der Waals surface area contributed by atoms with Crippen molar-refractivity contribution in [2.24, 2.45) is 12.5 Å². The molecule has 5 aromatic rings. The monoisotopic (exact) mass is 937 g/mol. The van der Waals surface area contributed by atoms with Crippen molar-refractivity contribution in [1.29, 1.82) is 5.26 Å². The van der Waals surface area contributed by atoms with Crippen LogP contribution in [0.5, 0.6) is 11.5 Å². The lowest BCUT2D eigenvalue weighted by Crippen LogP contribution is -2.67. The number of hydrogen-bond donors (Lipinski definition) is 2. The zero-order valence-electron chi connectivity index (χ0n) is 37.7. The van der Waals surface area contributed by atoms with Gasteiger partial charge >= 0.3 is 6.03 Å². The fraction of sp³-hybridized carbons (Fsp3) is 0.489. The van der Waals surface area contributed by atoms with Gasteiger partial charge in [0.15, 0.2) is 17.4 Å². The largest absolute Gasteiger partial charge is 0.453 e. The molecule has 2 spiro atoms. The average Bonchev–Trinajstić information content (AvgIpc) is 4.03. The second-order valence-corrected chi connectivity index (χ2v) is 19.6. The van der Waals surface area contributed by atoms with E-state index in [9.17, 15) is 19.6 Å². The summed E-state index contributed by atoms with van der Waals surface area (Å²) in [5.41, 5.74) is 1.67. The van der Waals surface area contributed by atoms with E-state index < -0.39 is 11.8 Å². The Bertz CT molecular complexity index is 2830. The summed E-state index contributed by atoms with van der Waals surface area (Å²) in [4.78, 5) is 48.3. The Morgan fingerprint density at radius 1 is 1.07 bits per heavy atom. The fourth-order valence-corrected chi connectivity index (χ4v) is 11.7. The van der Waals surface area contributed by atoms with Crippen LogP contribution in [0.4, 0.5) is 30.8 Å². The van der Waals surface area contributed by atoms with Crippen molar-refractivity contribution >= 4 is 63.6 Å². The van der Waals surface area contributed by atoms with Gasteiger partial charge in [-0.05, 0) is 87.4 Å². The number of urea groups is 1. The first-order valence-electron chi connectivity index (χ1n) is 22.9. The van der Waals surface area contributed by atoms with Crippen molar-refractivity contribution in [3.8, 4) is 17.6 Å². The van der Waals surface area contributed by atoms with Crippen molar-refractivity contribution in [3.05, 3.63) is 76.3 Å². The number of benzene rings is 3. The average molecular weight is 938 g/mol. The van der Waals surface area contributed by atoms with Crippen molar-refractivity contribution in [2.45, 2.75) is 75.7 Å². The lowest BCUT2D eigenvalue weighted by Gasteiger charge is -2.62. The number of carbonyl (C=O) groups excluding carboxylic acids is 2. The number of aromatic nitrogens is 4. The van der Waals surface area contributed by atoms with Gasteiger partial charge in [0.05, 0.1) is 58.5 Å². The number of nitrogens with one attached hydrogen (secondary N) is 2. The summed E-state index contributed by atoms with van der Waals surface area (Å²) in [7, 11) is 3.45. The van der Waals surface area contributed by atoms with E-state index in [1.165, 1.54) is 35.2 Å². The van der Waals surface area contributed by atoms with Gasteiger partial charge in [-0.1, -0.05) is 6.92 Å². The maximum atomic E-state index is 15.8. The smallest absolute Gasteiger partial charge is 0.329 e. The summed E-state index contributed by atoms with van der Waals surface area (Å²) in [5.74, 6) is -0.789. The number of methoxy groups -OCH3 is 1. The summed E-state index contributed by atoms with van der Waals surface area (Å²) in [6.45, 7) is 7.45. The third kappa shape index (κ3) is 8.34. The Morgan fingerprint density at radius 2 is 1.88 bits per heavy atom. The van der Waals surface area contributed by atoms with Gasteiger partial charge in [0, 0.05) is 88.9 Å². The number of hydrogen-bond acceptors (Lipinski definition) is 14. The molecule has 10 rings (SSSR count). The zero-order chi connectivity index (χ0) is 46.6. The molecule has 17 nitrogen and oxygen atoms in total. The van der Waals surface area contributed by atoms with Crippen LogP contribution in [0, 0.1) is 28.4 Å². The number of likely N-dealkylation sites (tertiary alicyclic amines) is 1. The van der Waals surface area contributed by atoms with E-state index in [0.717, 1.165) is 71.4 Å². The van der Waals surface area contributed by atoms with Crippen molar-refractivity contribution in [2.75, 3.05) is 74.1 Å². The Labute approximate surface area is 390 Å². The lowest BCUT2D eigenvalue weighted by molar-refractivity contribution is -0.108. The van der Waals surface area contributed by atoms with Gasteiger partial charge in [0.2, 0.25) is 6.41 Å². The Morgan fingerprint density at radius 3 is 2.61 bits per heavy atom. The molecule has 5 fully saturated rings. The van der Waals surface area contributed by atoms with E-state index in [0.29, 0.717) is 77.4 Å². The number of anilines is 3. The number of halogens is 2. The Balaban J connectivity index is 0.746. The molecule has 20 heteroatoms. The van der Waals surface area contributed by atoms with Crippen molar-refractivity contribution in [3.63, 3.8) is 0 Å². The molecule has 6 heterocycles. The van der Waals surface area contributed by atoms with E-state index >= 15 is 8.78 Å². The van der Waals surface area contributed by atoms with Crippen LogP contribution in [0.1, 0.15) is 63.5 Å². The lowest BCUT2D eigenvalue weighted by atomic mass is 9.59. The minimum Gasteiger partial charge on any atom is -0.453 e. The summed E-state index contributed by atoms with van der Waals surface area (Å²) < 4.78 is 57.5. The van der Waals surface area contributed by atoms with Crippen molar-refractivity contribution < 1.29 is 32.6 Å². The number of fused-ring (bicyclic) bond motifs is 2. The highest BCUT2D eigenvalue weighted by Gasteiger charge is 2.55. The molecule has 3 aromatic carbocycles. The second kappa shape index (κ2) is 18.0. The predicted molar refractivity (Wildman–Crippen MR) is 249 cm³/mol. The third-order valence-electron chi connectivity index (χ3n) is 14.5. The van der Waals surface area contributed by atoms with E-state index in [1.54, 1.807) is 54.0 Å². The SMILES string of the molecule is CCCN(C(=O)NC=O)c1nn(C)c2cc(N3CC4(CC(N5CCC6(CC5)CC(n5cnc7ccc(Oc8c(F)ccc(NSN9CCC(OC)C9)c8C#N)cc7c5=O)CO6)C4)C3)c(F)cc12.